The summed E-state index contributed by atoms with van der Waals surface area (Å²) in [5.74, 6) is -1.46. The average molecular weight is 376 g/mol. The molecule has 0 bridgehead atoms. The molecule has 1 amide bonds. The minimum Gasteiger partial charge on any atom is -0.326 e. The lowest BCUT2D eigenvalue weighted by Crippen LogP contribution is -2.17. The number of rotatable bonds is 5. The Morgan fingerprint density at radius 3 is 2.35 bits per heavy atom. The number of anilines is 1. The fourth-order valence-electron chi connectivity index (χ4n) is 1.78. The van der Waals surface area contributed by atoms with Gasteiger partial charge >= 0.3 is 0 Å². The molecular weight excluding hydrogens is 364 g/mol. The summed E-state index contributed by atoms with van der Waals surface area (Å²) in [6, 6.07) is 9.41. The van der Waals surface area contributed by atoms with Gasteiger partial charge in [-0.25, -0.2) is 12.8 Å². The van der Waals surface area contributed by atoms with Crippen molar-refractivity contribution in [1.82, 2.24) is 0 Å². The summed E-state index contributed by atoms with van der Waals surface area (Å²) in [6.45, 7) is 0. The largest absolute Gasteiger partial charge is 0.326 e. The number of hydrogen-bond donors (Lipinski definition) is 1. The van der Waals surface area contributed by atoms with E-state index in [4.69, 9.17) is 23.2 Å². The predicted molar refractivity (Wildman–Crippen MR) is 88.2 cm³/mol. The van der Waals surface area contributed by atoms with Crippen LogP contribution in [0.2, 0.25) is 10.0 Å². The molecule has 0 aliphatic rings. The highest BCUT2D eigenvalue weighted by Crippen LogP contribution is 2.20. The van der Waals surface area contributed by atoms with Crippen molar-refractivity contribution in [3.63, 3.8) is 0 Å². The average Bonchev–Trinajstić information content (AvgIpc) is 2.50. The van der Waals surface area contributed by atoms with E-state index in [9.17, 15) is 17.6 Å². The van der Waals surface area contributed by atoms with Gasteiger partial charge in [0.1, 0.15) is 5.82 Å². The highest BCUT2D eigenvalue weighted by atomic mass is 35.5. The van der Waals surface area contributed by atoms with Gasteiger partial charge in [-0.05, 0) is 42.5 Å². The molecular formula is C15H12Cl2FNO3S. The van der Waals surface area contributed by atoms with Crippen molar-refractivity contribution >= 4 is 44.6 Å². The van der Waals surface area contributed by atoms with Gasteiger partial charge in [0.15, 0.2) is 9.84 Å². The highest BCUT2D eigenvalue weighted by Gasteiger charge is 2.16. The third-order valence-corrected chi connectivity index (χ3v) is 5.25. The van der Waals surface area contributed by atoms with Gasteiger partial charge < -0.3 is 5.32 Å². The van der Waals surface area contributed by atoms with Crippen molar-refractivity contribution in [2.24, 2.45) is 0 Å². The quantitative estimate of drug-likeness (QED) is 0.860. The fraction of sp³-hybridized carbons (Fsp3) is 0.133. The van der Waals surface area contributed by atoms with E-state index in [0.29, 0.717) is 10.7 Å². The first-order valence-electron chi connectivity index (χ1n) is 6.51. The van der Waals surface area contributed by atoms with Crippen LogP contribution in [0.4, 0.5) is 10.1 Å². The maximum absolute atomic E-state index is 13.0. The predicted octanol–water partition coefficient (Wildman–Crippen LogP) is 3.94. The van der Waals surface area contributed by atoms with E-state index < -0.39 is 21.6 Å². The van der Waals surface area contributed by atoms with E-state index in [2.05, 4.69) is 5.32 Å². The molecule has 0 radical (unpaired) electrons. The molecule has 2 rings (SSSR count). The van der Waals surface area contributed by atoms with E-state index in [1.54, 1.807) is 0 Å². The summed E-state index contributed by atoms with van der Waals surface area (Å²) >= 11 is 11.3. The normalized spacial score (nSPS) is 11.3. The molecule has 2 aromatic carbocycles. The summed E-state index contributed by atoms with van der Waals surface area (Å²) in [4.78, 5) is 11.9. The lowest BCUT2D eigenvalue weighted by atomic mass is 10.3. The van der Waals surface area contributed by atoms with Crippen LogP contribution in [0.3, 0.4) is 0 Å². The maximum atomic E-state index is 13.0. The van der Waals surface area contributed by atoms with Crippen LogP contribution in [0, 0.1) is 5.82 Å². The van der Waals surface area contributed by atoms with E-state index in [0.717, 1.165) is 6.07 Å². The van der Waals surface area contributed by atoms with Gasteiger partial charge in [-0.2, -0.15) is 0 Å². The molecule has 0 aliphatic carbocycles. The molecule has 8 heteroatoms. The number of nitrogens with one attached hydrogen (secondary N) is 1. The van der Waals surface area contributed by atoms with E-state index in [1.807, 2.05) is 0 Å². The van der Waals surface area contributed by atoms with Gasteiger partial charge in [0.05, 0.1) is 15.7 Å². The van der Waals surface area contributed by atoms with Crippen LogP contribution in [-0.4, -0.2) is 20.1 Å². The van der Waals surface area contributed by atoms with Gasteiger partial charge in [0.2, 0.25) is 5.91 Å². The first-order valence-corrected chi connectivity index (χ1v) is 8.92. The summed E-state index contributed by atoms with van der Waals surface area (Å²) in [6.07, 6.45) is -0.236. The second-order valence-corrected chi connectivity index (χ2v) is 7.65. The number of carbonyl (C=O) groups is 1. The molecule has 0 atom stereocenters. The van der Waals surface area contributed by atoms with Crippen LogP contribution < -0.4 is 5.32 Å². The summed E-state index contributed by atoms with van der Waals surface area (Å²) in [7, 11) is -3.58. The molecule has 0 unspecified atom stereocenters. The molecule has 0 saturated heterocycles. The van der Waals surface area contributed by atoms with Gasteiger partial charge in [-0.15, -0.1) is 0 Å². The number of amides is 1. The van der Waals surface area contributed by atoms with Gasteiger partial charge in [0.25, 0.3) is 0 Å². The maximum Gasteiger partial charge on any atom is 0.225 e. The van der Waals surface area contributed by atoms with Crippen molar-refractivity contribution in [2.75, 3.05) is 11.1 Å². The molecule has 23 heavy (non-hydrogen) atoms. The smallest absolute Gasteiger partial charge is 0.225 e. The Hall–Kier alpha value is -1.63. The van der Waals surface area contributed by atoms with Crippen molar-refractivity contribution in [3.05, 3.63) is 58.3 Å². The first-order chi connectivity index (χ1) is 10.8. The number of carbonyl (C=O) groups excluding carboxylic acids is 1. The molecule has 1 N–H and O–H groups in total. The third-order valence-electron chi connectivity index (χ3n) is 2.97. The number of halogens is 3. The molecule has 0 spiro atoms. The Labute approximate surface area is 143 Å². The molecule has 122 valence electrons. The Bertz CT molecular complexity index is 823. The SMILES string of the molecule is O=C(CCS(=O)(=O)c1ccc(Cl)cc1)Nc1ccc(F)c(Cl)c1. The zero-order valence-corrected chi connectivity index (χ0v) is 14.1. The highest BCUT2D eigenvalue weighted by molar-refractivity contribution is 7.91. The molecule has 0 fully saturated rings. The van der Waals surface area contributed by atoms with Gasteiger partial charge in [-0.1, -0.05) is 23.2 Å². The Morgan fingerprint density at radius 2 is 1.74 bits per heavy atom. The lowest BCUT2D eigenvalue weighted by Gasteiger charge is -2.07. The molecule has 0 saturated carbocycles. The lowest BCUT2D eigenvalue weighted by molar-refractivity contribution is -0.115. The van der Waals surface area contributed by atoms with E-state index in [-0.39, 0.29) is 22.1 Å². The minimum absolute atomic E-state index is 0.0968. The molecule has 2 aromatic rings. The molecule has 0 aliphatic heterocycles. The van der Waals surface area contributed by atoms with Crippen LogP contribution >= 0.6 is 23.2 Å². The number of benzene rings is 2. The molecule has 0 aromatic heterocycles. The van der Waals surface area contributed by atoms with Gasteiger partial charge in [0, 0.05) is 17.1 Å². The topological polar surface area (TPSA) is 63.2 Å². The second kappa shape index (κ2) is 7.29. The number of hydrogen-bond acceptors (Lipinski definition) is 3. The van der Waals surface area contributed by atoms with Gasteiger partial charge in [-0.3, -0.25) is 4.79 Å². The third kappa shape index (κ3) is 4.92. The van der Waals surface area contributed by atoms with Crippen molar-refractivity contribution in [1.29, 1.82) is 0 Å². The van der Waals surface area contributed by atoms with Crippen molar-refractivity contribution in [3.8, 4) is 0 Å². The fourth-order valence-corrected chi connectivity index (χ4v) is 3.33. The van der Waals surface area contributed by atoms with Crippen molar-refractivity contribution in [2.45, 2.75) is 11.3 Å². The second-order valence-electron chi connectivity index (χ2n) is 4.70. The van der Waals surface area contributed by atoms with Crippen LogP contribution in [-0.2, 0) is 14.6 Å². The molecule has 0 heterocycles. The Kier molecular flexibility index (Phi) is 5.62. The minimum atomic E-state index is -3.58. The monoisotopic (exact) mass is 375 g/mol. The Morgan fingerprint density at radius 1 is 1.09 bits per heavy atom. The van der Waals surface area contributed by atoms with E-state index >= 15 is 0 Å². The van der Waals surface area contributed by atoms with E-state index in [1.165, 1.54) is 36.4 Å². The summed E-state index contributed by atoms with van der Waals surface area (Å²) in [5, 5.41) is 2.77. The first kappa shape index (κ1) is 17.7. The standard InChI is InChI=1S/C15H12Cl2FNO3S/c16-10-1-4-12(5-2-10)23(21,22)8-7-15(20)19-11-3-6-14(18)13(17)9-11/h1-6,9H,7-8H2,(H,19,20). The van der Waals surface area contributed by atoms with Crippen molar-refractivity contribution < 1.29 is 17.6 Å². The summed E-state index contributed by atoms with van der Waals surface area (Å²) in [5.41, 5.74) is 0.297. The number of sulfone groups is 1. The van der Waals surface area contributed by atoms with Crippen LogP contribution in [0.5, 0.6) is 0 Å². The Balaban J connectivity index is 1.98. The van der Waals surface area contributed by atoms with Crippen LogP contribution in [0.1, 0.15) is 6.42 Å². The molecule has 4 nitrogen and oxygen atoms in total. The van der Waals surface area contributed by atoms with Crippen LogP contribution in [0.15, 0.2) is 47.4 Å². The zero-order chi connectivity index (χ0) is 17.0. The van der Waals surface area contributed by atoms with Crippen LogP contribution in [0.25, 0.3) is 0 Å². The zero-order valence-electron chi connectivity index (χ0n) is 11.7. The summed E-state index contributed by atoms with van der Waals surface area (Å²) < 4.78 is 37.2.